The molecule has 108 valence electrons. The zero-order chi connectivity index (χ0) is 13.8. The van der Waals surface area contributed by atoms with Crippen molar-refractivity contribution in [2.75, 3.05) is 13.1 Å². The van der Waals surface area contributed by atoms with Crippen molar-refractivity contribution in [1.29, 1.82) is 0 Å². The third-order valence-electron chi connectivity index (χ3n) is 3.87. The molecule has 0 unspecified atom stereocenters. The summed E-state index contributed by atoms with van der Waals surface area (Å²) in [5.41, 5.74) is -1.53. The van der Waals surface area contributed by atoms with Gasteiger partial charge in [-0.1, -0.05) is 11.8 Å². The van der Waals surface area contributed by atoms with Crippen LogP contribution in [-0.2, 0) is 4.74 Å². The van der Waals surface area contributed by atoms with Crippen LogP contribution < -0.4 is 0 Å². The molecule has 0 aliphatic carbocycles. The van der Waals surface area contributed by atoms with Gasteiger partial charge in [-0.05, 0) is 20.3 Å². The Morgan fingerprint density at radius 3 is 2.53 bits per heavy atom. The highest BCUT2D eigenvalue weighted by Crippen LogP contribution is 2.40. The van der Waals surface area contributed by atoms with Gasteiger partial charge in [0.05, 0.1) is 5.60 Å². The van der Waals surface area contributed by atoms with Crippen molar-refractivity contribution in [1.82, 2.24) is 4.90 Å². The predicted octanol–water partition coefficient (Wildman–Crippen LogP) is -0.619. The van der Waals surface area contributed by atoms with Gasteiger partial charge in [0.25, 0.3) is 0 Å². The van der Waals surface area contributed by atoms with Crippen LogP contribution >= 0.6 is 11.8 Å². The molecule has 3 rings (SSSR count). The highest BCUT2D eigenvalue weighted by atomic mass is 32.2. The second-order valence-corrected chi connectivity index (χ2v) is 6.99. The molecule has 0 saturated carbocycles. The van der Waals surface area contributed by atoms with Gasteiger partial charge < -0.3 is 25.0 Å². The molecular weight excluding hydrogens is 268 g/mol. The maximum atomic E-state index is 10.2. The molecule has 3 aliphatic rings. The summed E-state index contributed by atoms with van der Waals surface area (Å²) in [5, 5.41) is 31.2. The molecule has 5 atom stereocenters. The van der Waals surface area contributed by atoms with Gasteiger partial charge in [0, 0.05) is 13.1 Å². The predicted molar refractivity (Wildman–Crippen MR) is 72.0 cm³/mol. The second-order valence-electron chi connectivity index (χ2n) is 5.92. The van der Waals surface area contributed by atoms with E-state index in [0.717, 1.165) is 24.7 Å². The quantitative estimate of drug-likeness (QED) is 0.596. The molecule has 0 aromatic heterocycles. The molecule has 0 aromatic carbocycles. The number of aliphatic hydroxyl groups excluding tert-OH is 2. The van der Waals surface area contributed by atoms with Crippen LogP contribution in [0.1, 0.15) is 20.3 Å². The van der Waals surface area contributed by atoms with Gasteiger partial charge in [-0.15, -0.1) is 0 Å². The van der Waals surface area contributed by atoms with Crippen LogP contribution in [0, 0.1) is 0 Å². The Labute approximate surface area is 116 Å². The number of amidine groups is 1. The van der Waals surface area contributed by atoms with Crippen molar-refractivity contribution in [3.8, 4) is 0 Å². The van der Waals surface area contributed by atoms with Crippen LogP contribution in [0.5, 0.6) is 0 Å². The minimum Gasteiger partial charge on any atom is -0.388 e. The maximum Gasteiger partial charge on any atom is 0.162 e. The lowest BCUT2D eigenvalue weighted by atomic mass is 9.88. The number of ether oxygens (including phenoxy) is 1. The van der Waals surface area contributed by atoms with Crippen LogP contribution in [-0.4, -0.2) is 73.9 Å². The van der Waals surface area contributed by atoms with Crippen molar-refractivity contribution >= 4 is 16.9 Å². The molecular formula is C12H20N2O4S. The zero-order valence-electron chi connectivity index (χ0n) is 11.1. The molecule has 2 fully saturated rings. The van der Waals surface area contributed by atoms with Gasteiger partial charge in [0.2, 0.25) is 0 Å². The first kappa shape index (κ1) is 13.6. The molecule has 0 radical (unpaired) electrons. The van der Waals surface area contributed by atoms with E-state index >= 15 is 0 Å². The molecule has 0 aromatic rings. The average Bonchev–Trinajstić information content (AvgIpc) is 2.63. The number of aliphatic hydroxyl groups is 3. The van der Waals surface area contributed by atoms with E-state index in [1.165, 1.54) is 11.8 Å². The van der Waals surface area contributed by atoms with E-state index in [0.29, 0.717) is 0 Å². The van der Waals surface area contributed by atoms with Crippen molar-refractivity contribution < 1.29 is 20.1 Å². The number of hydrogen-bond donors (Lipinski definition) is 3. The number of hydrogen-bond acceptors (Lipinski definition) is 7. The minimum atomic E-state index is -1.20. The largest absolute Gasteiger partial charge is 0.388 e. The fraction of sp³-hybridized carbons (Fsp3) is 0.917. The zero-order valence-corrected chi connectivity index (χ0v) is 11.9. The third-order valence-corrected chi connectivity index (χ3v) is 5.07. The fourth-order valence-corrected chi connectivity index (χ4v) is 3.85. The Kier molecular flexibility index (Phi) is 3.30. The number of fused-ring (bicyclic) bond motifs is 1. The lowest BCUT2D eigenvalue weighted by molar-refractivity contribution is -0.208. The summed E-state index contributed by atoms with van der Waals surface area (Å²) in [6.45, 7) is 5.12. The van der Waals surface area contributed by atoms with Crippen LogP contribution in [0.25, 0.3) is 0 Å². The molecule has 19 heavy (non-hydrogen) atoms. The fourth-order valence-electron chi connectivity index (χ4n) is 2.59. The molecule has 3 N–H and O–H groups in total. The van der Waals surface area contributed by atoms with Crippen LogP contribution in [0.2, 0.25) is 0 Å². The lowest BCUT2D eigenvalue weighted by Gasteiger charge is -2.43. The number of aliphatic imine (C=N–C) groups is 1. The first-order chi connectivity index (χ1) is 8.88. The summed E-state index contributed by atoms with van der Waals surface area (Å²) >= 11 is 1.48. The Morgan fingerprint density at radius 1 is 1.32 bits per heavy atom. The highest BCUT2D eigenvalue weighted by Gasteiger charge is 2.52. The van der Waals surface area contributed by atoms with Crippen LogP contribution in [0.3, 0.4) is 0 Å². The number of rotatable bonds is 1. The summed E-state index contributed by atoms with van der Waals surface area (Å²) in [5.74, 6) is 0. The molecule has 0 spiro atoms. The summed E-state index contributed by atoms with van der Waals surface area (Å²) in [4.78, 5) is 6.61. The van der Waals surface area contributed by atoms with E-state index in [2.05, 4.69) is 9.89 Å². The lowest BCUT2D eigenvalue weighted by Crippen LogP contribution is -2.61. The molecule has 6 nitrogen and oxygen atoms in total. The Bertz CT molecular complexity index is 394. The molecule has 0 amide bonds. The van der Waals surface area contributed by atoms with E-state index in [1.807, 2.05) is 0 Å². The maximum absolute atomic E-state index is 10.2. The van der Waals surface area contributed by atoms with E-state index in [9.17, 15) is 15.3 Å². The van der Waals surface area contributed by atoms with Crippen molar-refractivity contribution in [2.45, 2.75) is 55.7 Å². The Balaban J connectivity index is 1.77. The number of thioether (sulfide) groups is 1. The normalized spacial score (nSPS) is 42.7. The first-order valence-corrected chi connectivity index (χ1v) is 7.49. The molecule has 3 heterocycles. The highest BCUT2D eigenvalue weighted by molar-refractivity contribution is 8.14. The molecule has 7 heteroatoms. The molecule has 2 saturated heterocycles. The number of likely N-dealkylation sites (tertiary alicyclic amines) is 1. The van der Waals surface area contributed by atoms with E-state index < -0.39 is 30.0 Å². The summed E-state index contributed by atoms with van der Waals surface area (Å²) in [6.07, 6.45) is -1.77. The van der Waals surface area contributed by atoms with Crippen LogP contribution in [0.15, 0.2) is 4.99 Å². The van der Waals surface area contributed by atoms with Gasteiger partial charge in [-0.2, -0.15) is 0 Å². The monoisotopic (exact) mass is 288 g/mol. The Hall–Kier alpha value is -0.340. The minimum absolute atomic E-state index is 0.328. The van der Waals surface area contributed by atoms with E-state index in [1.54, 1.807) is 13.8 Å². The SMILES string of the molecule is CC(C)(O)[C@H]1O[C@@H]2SC(N3CCC3)=N[C@@H]2[C@@H](O)[C@@H]1O. The smallest absolute Gasteiger partial charge is 0.162 e. The first-order valence-electron chi connectivity index (χ1n) is 6.61. The Morgan fingerprint density at radius 2 is 2.00 bits per heavy atom. The summed E-state index contributed by atoms with van der Waals surface area (Å²) in [6, 6.07) is -0.450. The summed E-state index contributed by atoms with van der Waals surface area (Å²) in [7, 11) is 0. The molecule has 3 aliphatic heterocycles. The standard InChI is InChI=1S/C12H20N2O4S/c1-12(2,17)9-8(16)7(15)6-10(18-9)19-11(13-6)14-4-3-5-14/h6-10,15-17H,3-5H2,1-2H3/t6-,7-,8+,9+,10-/m1/s1. The topological polar surface area (TPSA) is 85.5 Å². The van der Waals surface area contributed by atoms with Crippen molar-refractivity contribution in [2.24, 2.45) is 4.99 Å². The van der Waals surface area contributed by atoms with E-state index in [-0.39, 0.29) is 5.44 Å². The summed E-state index contributed by atoms with van der Waals surface area (Å²) < 4.78 is 5.77. The van der Waals surface area contributed by atoms with Gasteiger partial charge in [0.1, 0.15) is 29.8 Å². The second kappa shape index (κ2) is 4.60. The molecule has 0 bridgehead atoms. The van der Waals surface area contributed by atoms with Crippen LogP contribution in [0.4, 0.5) is 0 Å². The number of nitrogens with zero attached hydrogens (tertiary/aromatic N) is 2. The van der Waals surface area contributed by atoms with Crippen molar-refractivity contribution in [3.05, 3.63) is 0 Å². The average molecular weight is 288 g/mol. The van der Waals surface area contributed by atoms with Gasteiger partial charge in [0.15, 0.2) is 5.17 Å². The van der Waals surface area contributed by atoms with Gasteiger partial charge >= 0.3 is 0 Å². The van der Waals surface area contributed by atoms with E-state index in [4.69, 9.17) is 4.74 Å². The van der Waals surface area contributed by atoms with Crippen molar-refractivity contribution in [3.63, 3.8) is 0 Å². The third kappa shape index (κ3) is 2.27. The van der Waals surface area contributed by atoms with Gasteiger partial charge in [-0.3, -0.25) is 4.99 Å². The van der Waals surface area contributed by atoms with Gasteiger partial charge in [-0.25, -0.2) is 0 Å².